The first-order valence-corrected chi connectivity index (χ1v) is 7.82. The van der Waals surface area contributed by atoms with E-state index in [1.807, 2.05) is 18.2 Å². The summed E-state index contributed by atoms with van der Waals surface area (Å²) in [6.45, 7) is 8.23. The second kappa shape index (κ2) is 9.60. The Morgan fingerprint density at radius 2 is 1.87 bits per heavy atom. The number of halogens is 3. The highest BCUT2D eigenvalue weighted by atomic mass is 35.5. The van der Waals surface area contributed by atoms with Crippen molar-refractivity contribution in [3.63, 3.8) is 0 Å². The zero-order valence-electron chi connectivity index (χ0n) is 12.9. The summed E-state index contributed by atoms with van der Waals surface area (Å²) in [6.07, 6.45) is 3.96. The van der Waals surface area contributed by atoms with Gasteiger partial charge in [0.2, 0.25) is 6.79 Å². The lowest BCUT2D eigenvalue weighted by molar-refractivity contribution is 0.165. The Kier molecular flexibility index (Phi) is 8.51. The molecule has 0 saturated carbocycles. The van der Waals surface area contributed by atoms with Gasteiger partial charge in [-0.1, -0.05) is 17.7 Å². The van der Waals surface area contributed by atoms with E-state index < -0.39 is 0 Å². The summed E-state index contributed by atoms with van der Waals surface area (Å²) >= 11 is 6.50. The Hall–Kier alpha value is -0.650. The molecule has 130 valence electrons. The van der Waals surface area contributed by atoms with Crippen LogP contribution in [0.2, 0.25) is 5.02 Å². The molecular formula is C16H23Cl3N2O2. The fraction of sp³-hybridized carbons (Fsp3) is 0.500. The molecule has 1 atom stereocenters. The number of piperazine rings is 1. The van der Waals surface area contributed by atoms with Crippen molar-refractivity contribution in [1.29, 1.82) is 0 Å². The minimum atomic E-state index is 0. The monoisotopic (exact) mass is 380 g/mol. The predicted molar refractivity (Wildman–Crippen MR) is 98.7 cm³/mol. The van der Waals surface area contributed by atoms with Crippen molar-refractivity contribution in [3.05, 3.63) is 35.4 Å². The maximum atomic E-state index is 6.50. The predicted octanol–water partition coefficient (Wildman–Crippen LogP) is 3.82. The molecule has 0 radical (unpaired) electrons. The molecule has 2 aliphatic heterocycles. The number of hydrogen-bond acceptors (Lipinski definition) is 4. The van der Waals surface area contributed by atoms with Gasteiger partial charge in [-0.05, 0) is 24.5 Å². The Labute approximate surface area is 155 Å². The van der Waals surface area contributed by atoms with E-state index in [-0.39, 0.29) is 31.6 Å². The molecule has 1 aromatic rings. The van der Waals surface area contributed by atoms with Crippen molar-refractivity contribution >= 4 is 36.4 Å². The molecule has 7 heteroatoms. The molecule has 1 N–H and O–H groups in total. The SMILES string of the molecule is C=CCC[C@H](c1cc2c(cc1Cl)OCO2)N1CCNCC1.Cl.Cl. The molecule has 4 nitrogen and oxygen atoms in total. The molecule has 2 heterocycles. The van der Waals surface area contributed by atoms with Crippen LogP contribution in [0.15, 0.2) is 24.8 Å². The zero-order chi connectivity index (χ0) is 14.7. The van der Waals surface area contributed by atoms with Crippen LogP contribution in [0.4, 0.5) is 0 Å². The van der Waals surface area contributed by atoms with E-state index in [4.69, 9.17) is 21.1 Å². The molecule has 0 spiro atoms. The van der Waals surface area contributed by atoms with Gasteiger partial charge in [0.15, 0.2) is 11.5 Å². The van der Waals surface area contributed by atoms with Crippen LogP contribution in [0.1, 0.15) is 24.4 Å². The van der Waals surface area contributed by atoms with Crippen LogP contribution >= 0.6 is 36.4 Å². The average molecular weight is 382 g/mol. The van der Waals surface area contributed by atoms with Crippen LogP contribution in [0.5, 0.6) is 11.5 Å². The third-order valence-electron chi connectivity index (χ3n) is 4.09. The van der Waals surface area contributed by atoms with Crippen molar-refractivity contribution in [2.45, 2.75) is 18.9 Å². The molecule has 2 aliphatic rings. The average Bonchev–Trinajstić information content (AvgIpc) is 2.96. The Bertz CT molecular complexity index is 522. The number of hydrogen-bond donors (Lipinski definition) is 1. The maximum absolute atomic E-state index is 6.50. The quantitative estimate of drug-likeness (QED) is 0.786. The summed E-state index contributed by atoms with van der Waals surface area (Å²) in [5.74, 6) is 1.54. The number of rotatable bonds is 5. The number of benzene rings is 1. The summed E-state index contributed by atoms with van der Waals surface area (Å²) in [5.41, 5.74) is 1.13. The summed E-state index contributed by atoms with van der Waals surface area (Å²) in [4.78, 5) is 2.49. The minimum Gasteiger partial charge on any atom is -0.454 e. The molecule has 0 bridgehead atoms. The minimum absolute atomic E-state index is 0. The number of allylic oxidation sites excluding steroid dienone is 1. The van der Waals surface area contributed by atoms with Crippen molar-refractivity contribution in [1.82, 2.24) is 10.2 Å². The number of nitrogens with zero attached hydrogens (tertiary/aromatic N) is 1. The first kappa shape index (κ1) is 20.4. The van der Waals surface area contributed by atoms with Crippen LogP contribution in [-0.4, -0.2) is 37.9 Å². The van der Waals surface area contributed by atoms with Gasteiger partial charge in [0.25, 0.3) is 0 Å². The van der Waals surface area contributed by atoms with Gasteiger partial charge in [-0.2, -0.15) is 0 Å². The Morgan fingerprint density at radius 1 is 1.22 bits per heavy atom. The van der Waals surface area contributed by atoms with E-state index in [1.165, 1.54) is 0 Å². The van der Waals surface area contributed by atoms with Gasteiger partial charge >= 0.3 is 0 Å². The number of ether oxygens (including phenoxy) is 2. The van der Waals surface area contributed by atoms with Crippen molar-refractivity contribution < 1.29 is 9.47 Å². The molecule has 0 aromatic heterocycles. The van der Waals surface area contributed by atoms with Gasteiger partial charge in [0.05, 0.1) is 0 Å². The molecule has 3 rings (SSSR count). The van der Waals surface area contributed by atoms with E-state index in [0.717, 1.165) is 61.1 Å². The molecule has 23 heavy (non-hydrogen) atoms. The normalized spacial score (nSPS) is 17.8. The van der Waals surface area contributed by atoms with Crippen LogP contribution in [0.25, 0.3) is 0 Å². The highest BCUT2D eigenvalue weighted by molar-refractivity contribution is 6.31. The highest BCUT2D eigenvalue weighted by Gasteiger charge is 2.26. The topological polar surface area (TPSA) is 33.7 Å². The molecular weight excluding hydrogens is 359 g/mol. The summed E-state index contributed by atoms with van der Waals surface area (Å²) in [7, 11) is 0. The third kappa shape index (κ3) is 4.68. The zero-order valence-corrected chi connectivity index (χ0v) is 15.3. The van der Waals surface area contributed by atoms with E-state index >= 15 is 0 Å². The lowest BCUT2D eigenvalue weighted by Gasteiger charge is -2.35. The summed E-state index contributed by atoms with van der Waals surface area (Å²) in [6, 6.07) is 4.22. The van der Waals surface area contributed by atoms with E-state index in [1.54, 1.807) is 0 Å². The molecule has 0 amide bonds. The van der Waals surface area contributed by atoms with E-state index in [2.05, 4.69) is 16.8 Å². The van der Waals surface area contributed by atoms with Gasteiger partial charge < -0.3 is 14.8 Å². The van der Waals surface area contributed by atoms with Gasteiger partial charge in [0.1, 0.15) is 0 Å². The maximum Gasteiger partial charge on any atom is 0.231 e. The Morgan fingerprint density at radius 3 is 2.52 bits per heavy atom. The molecule has 0 aliphatic carbocycles. The lowest BCUT2D eigenvalue weighted by atomic mass is 9.98. The van der Waals surface area contributed by atoms with Gasteiger partial charge in [-0.25, -0.2) is 0 Å². The van der Waals surface area contributed by atoms with Crippen molar-refractivity contribution in [3.8, 4) is 11.5 Å². The largest absolute Gasteiger partial charge is 0.454 e. The summed E-state index contributed by atoms with van der Waals surface area (Å²) < 4.78 is 10.9. The van der Waals surface area contributed by atoms with Gasteiger partial charge in [-0.15, -0.1) is 31.4 Å². The second-order valence-corrected chi connectivity index (χ2v) is 5.80. The first-order valence-electron chi connectivity index (χ1n) is 7.44. The van der Waals surface area contributed by atoms with Crippen molar-refractivity contribution in [2.24, 2.45) is 0 Å². The fourth-order valence-electron chi connectivity index (χ4n) is 2.99. The highest BCUT2D eigenvalue weighted by Crippen LogP contribution is 2.41. The van der Waals surface area contributed by atoms with E-state index in [9.17, 15) is 0 Å². The molecule has 1 aromatic carbocycles. The lowest BCUT2D eigenvalue weighted by Crippen LogP contribution is -2.45. The number of nitrogens with one attached hydrogen (secondary N) is 1. The fourth-order valence-corrected chi connectivity index (χ4v) is 3.27. The van der Waals surface area contributed by atoms with Crippen LogP contribution in [0, 0.1) is 0 Å². The first-order chi connectivity index (χ1) is 10.3. The molecule has 1 saturated heterocycles. The molecule has 0 unspecified atom stereocenters. The van der Waals surface area contributed by atoms with Crippen LogP contribution < -0.4 is 14.8 Å². The van der Waals surface area contributed by atoms with Crippen molar-refractivity contribution in [2.75, 3.05) is 33.0 Å². The van der Waals surface area contributed by atoms with Crippen LogP contribution in [-0.2, 0) is 0 Å². The second-order valence-electron chi connectivity index (χ2n) is 5.39. The summed E-state index contributed by atoms with van der Waals surface area (Å²) in [5, 5.41) is 4.15. The van der Waals surface area contributed by atoms with Crippen LogP contribution in [0.3, 0.4) is 0 Å². The third-order valence-corrected chi connectivity index (χ3v) is 4.41. The van der Waals surface area contributed by atoms with Gasteiger partial charge in [0, 0.05) is 43.3 Å². The number of fused-ring (bicyclic) bond motifs is 1. The Balaban J connectivity index is 0.00000132. The van der Waals surface area contributed by atoms with Gasteiger partial charge in [-0.3, -0.25) is 4.90 Å². The standard InChI is InChI=1S/C16H21ClN2O2.2ClH/c1-2-3-4-14(19-7-5-18-6-8-19)12-9-15-16(10-13(12)17)21-11-20-15;;/h2,9-10,14,18H,1,3-8,11H2;2*1H/t14-;;/m1../s1. The molecule has 1 fully saturated rings. The van der Waals surface area contributed by atoms with E-state index in [0.29, 0.717) is 6.04 Å². The smallest absolute Gasteiger partial charge is 0.231 e.